The Labute approximate surface area is 81.2 Å². The van der Waals surface area contributed by atoms with Crippen molar-refractivity contribution in [2.24, 2.45) is 5.73 Å². The van der Waals surface area contributed by atoms with Crippen LogP contribution in [0.2, 0.25) is 0 Å². The van der Waals surface area contributed by atoms with Crippen molar-refractivity contribution in [3.8, 4) is 0 Å². The van der Waals surface area contributed by atoms with E-state index in [1.54, 1.807) is 0 Å². The summed E-state index contributed by atoms with van der Waals surface area (Å²) in [7, 11) is 0. The zero-order valence-corrected chi connectivity index (χ0v) is 8.99. The fraction of sp³-hybridized carbons (Fsp3) is 1.00. The molecular weight excluding hydrogens is 164 g/mol. The molecule has 1 aliphatic rings. The predicted molar refractivity (Wildman–Crippen MR) is 54.7 cm³/mol. The predicted octanol–water partition coefficient (Wildman–Crippen LogP) is 0.833. The van der Waals surface area contributed by atoms with Gasteiger partial charge in [-0.1, -0.05) is 13.8 Å². The van der Waals surface area contributed by atoms with Crippen molar-refractivity contribution in [1.29, 1.82) is 0 Å². The highest BCUT2D eigenvalue weighted by molar-refractivity contribution is 5.00. The minimum Gasteiger partial charge on any atom is -0.377 e. The van der Waals surface area contributed by atoms with Crippen LogP contribution in [0.15, 0.2) is 0 Å². The monoisotopic (exact) mass is 186 g/mol. The van der Waals surface area contributed by atoms with Crippen LogP contribution in [0, 0.1) is 0 Å². The van der Waals surface area contributed by atoms with Crippen LogP contribution in [0.1, 0.15) is 27.2 Å². The van der Waals surface area contributed by atoms with Gasteiger partial charge in [-0.3, -0.25) is 4.90 Å². The van der Waals surface area contributed by atoms with Crippen molar-refractivity contribution in [3.05, 3.63) is 0 Å². The summed E-state index contributed by atoms with van der Waals surface area (Å²) in [6, 6.07) is 0.770. The second-order valence-electron chi connectivity index (χ2n) is 3.61. The van der Waals surface area contributed by atoms with Crippen molar-refractivity contribution in [2.75, 3.05) is 19.7 Å². The van der Waals surface area contributed by atoms with Gasteiger partial charge < -0.3 is 10.5 Å². The van der Waals surface area contributed by atoms with Crippen LogP contribution in [0.5, 0.6) is 0 Å². The molecule has 0 saturated heterocycles. The lowest BCUT2D eigenvalue weighted by atomic mass is 9.82. The number of hydrogen-bond donors (Lipinski definition) is 1. The summed E-state index contributed by atoms with van der Waals surface area (Å²) >= 11 is 0. The first-order valence-corrected chi connectivity index (χ1v) is 5.35. The first-order valence-electron chi connectivity index (χ1n) is 5.35. The molecule has 78 valence electrons. The van der Waals surface area contributed by atoms with E-state index in [9.17, 15) is 0 Å². The van der Waals surface area contributed by atoms with Gasteiger partial charge in [-0.25, -0.2) is 0 Å². The minimum atomic E-state index is 0.316. The Hall–Kier alpha value is -0.120. The molecule has 0 heterocycles. The van der Waals surface area contributed by atoms with Crippen molar-refractivity contribution in [2.45, 2.75) is 45.4 Å². The van der Waals surface area contributed by atoms with Gasteiger partial charge in [-0.05, 0) is 26.4 Å². The van der Waals surface area contributed by atoms with Crippen molar-refractivity contribution < 1.29 is 4.74 Å². The molecule has 3 atom stereocenters. The standard InChI is InChI=1S/C10H22N2O/c1-4-12(5-2)10-8(11)7-9(10)13-6-3/h8-10H,4-7,11H2,1-3H3. The van der Waals surface area contributed by atoms with E-state index in [0.717, 1.165) is 26.1 Å². The number of likely N-dealkylation sites (N-methyl/N-ethyl adjacent to an activating group) is 1. The highest BCUT2D eigenvalue weighted by Crippen LogP contribution is 2.27. The summed E-state index contributed by atoms with van der Waals surface area (Å²) in [5, 5.41) is 0. The average Bonchev–Trinajstić information content (AvgIpc) is 2.13. The van der Waals surface area contributed by atoms with E-state index in [1.807, 2.05) is 6.92 Å². The van der Waals surface area contributed by atoms with Crippen LogP contribution in [-0.4, -0.2) is 42.8 Å². The van der Waals surface area contributed by atoms with Gasteiger partial charge in [0.1, 0.15) is 0 Å². The molecule has 0 radical (unpaired) electrons. The van der Waals surface area contributed by atoms with Crippen LogP contribution >= 0.6 is 0 Å². The third kappa shape index (κ3) is 2.22. The molecule has 0 aliphatic heterocycles. The third-order valence-electron chi connectivity index (χ3n) is 2.94. The lowest BCUT2D eigenvalue weighted by Gasteiger charge is -2.48. The fourth-order valence-corrected chi connectivity index (χ4v) is 2.16. The zero-order valence-electron chi connectivity index (χ0n) is 8.99. The van der Waals surface area contributed by atoms with Crippen LogP contribution in [0.3, 0.4) is 0 Å². The molecule has 0 bridgehead atoms. The Morgan fingerprint density at radius 1 is 1.31 bits per heavy atom. The maximum atomic E-state index is 5.97. The SMILES string of the molecule is CCOC1CC(N)C1N(CC)CC. The highest BCUT2D eigenvalue weighted by Gasteiger charge is 2.42. The Morgan fingerprint density at radius 3 is 2.31 bits per heavy atom. The van der Waals surface area contributed by atoms with Gasteiger partial charge in [0.15, 0.2) is 0 Å². The van der Waals surface area contributed by atoms with Crippen LogP contribution in [0.25, 0.3) is 0 Å². The fourth-order valence-electron chi connectivity index (χ4n) is 2.16. The molecule has 0 aromatic heterocycles. The molecule has 13 heavy (non-hydrogen) atoms. The number of nitrogens with zero attached hydrogens (tertiary/aromatic N) is 1. The third-order valence-corrected chi connectivity index (χ3v) is 2.94. The molecule has 1 rings (SSSR count). The molecule has 1 fully saturated rings. The second kappa shape index (κ2) is 4.94. The van der Waals surface area contributed by atoms with Crippen molar-refractivity contribution in [3.63, 3.8) is 0 Å². The molecule has 1 aliphatic carbocycles. The first kappa shape index (κ1) is 11.0. The topological polar surface area (TPSA) is 38.5 Å². The number of rotatable bonds is 5. The molecule has 0 spiro atoms. The minimum absolute atomic E-state index is 0.316. The normalized spacial score (nSPS) is 33.5. The van der Waals surface area contributed by atoms with Crippen molar-refractivity contribution in [1.82, 2.24) is 4.90 Å². The Balaban J connectivity index is 2.44. The Bertz CT molecular complexity index is 146. The molecule has 3 heteroatoms. The molecule has 2 N–H and O–H groups in total. The molecule has 0 amide bonds. The molecule has 1 saturated carbocycles. The van der Waals surface area contributed by atoms with Gasteiger partial charge in [0.2, 0.25) is 0 Å². The highest BCUT2D eigenvalue weighted by atomic mass is 16.5. The summed E-state index contributed by atoms with van der Waals surface area (Å²) in [6.07, 6.45) is 1.40. The number of nitrogens with two attached hydrogens (primary N) is 1. The summed E-state index contributed by atoms with van der Waals surface area (Å²) < 4.78 is 5.62. The summed E-state index contributed by atoms with van der Waals surface area (Å²) in [4.78, 5) is 2.40. The lowest BCUT2D eigenvalue weighted by molar-refractivity contribution is -0.0770. The van der Waals surface area contributed by atoms with Gasteiger partial charge in [0, 0.05) is 12.6 Å². The molecule has 3 unspecified atom stereocenters. The Kier molecular flexibility index (Phi) is 4.16. The van der Waals surface area contributed by atoms with E-state index in [4.69, 9.17) is 10.5 Å². The Morgan fingerprint density at radius 2 is 1.92 bits per heavy atom. The van der Waals surface area contributed by atoms with E-state index >= 15 is 0 Å². The summed E-state index contributed by atoms with van der Waals surface area (Å²) in [5.74, 6) is 0. The molecular formula is C10H22N2O. The van der Waals surface area contributed by atoms with E-state index in [0.29, 0.717) is 18.2 Å². The maximum absolute atomic E-state index is 5.97. The smallest absolute Gasteiger partial charge is 0.0760 e. The van der Waals surface area contributed by atoms with Crippen LogP contribution < -0.4 is 5.73 Å². The first-order chi connectivity index (χ1) is 6.24. The van der Waals surface area contributed by atoms with Crippen LogP contribution in [0.4, 0.5) is 0 Å². The number of ether oxygens (including phenoxy) is 1. The van der Waals surface area contributed by atoms with E-state index < -0.39 is 0 Å². The molecule has 0 aromatic carbocycles. The van der Waals surface area contributed by atoms with E-state index in [1.165, 1.54) is 0 Å². The summed E-state index contributed by atoms with van der Waals surface area (Å²) in [6.45, 7) is 9.34. The number of hydrogen-bond acceptors (Lipinski definition) is 3. The van der Waals surface area contributed by atoms with Gasteiger partial charge >= 0.3 is 0 Å². The van der Waals surface area contributed by atoms with Gasteiger partial charge in [0.25, 0.3) is 0 Å². The second-order valence-corrected chi connectivity index (χ2v) is 3.61. The van der Waals surface area contributed by atoms with Crippen molar-refractivity contribution >= 4 is 0 Å². The molecule has 3 nitrogen and oxygen atoms in total. The summed E-state index contributed by atoms with van der Waals surface area (Å²) in [5.41, 5.74) is 5.97. The van der Waals surface area contributed by atoms with E-state index in [-0.39, 0.29) is 0 Å². The van der Waals surface area contributed by atoms with Gasteiger partial charge in [0.05, 0.1) is 12.1 Å². The largest absolute Gasteiger partial charge is 0.377 e. The quantitative estimate of drug-likeness (QED) is 0.691. The van der Waals surface area contributed by atoms with E-state index in [2.05, 4.69) is 18.7 Å². The van der Waals surface area contributed by atoms with Gasteiger partial charge in [-0.15, -0.1) is 0 Å². The maximum Gasteiger partial charge on any atom is 0.0760 e. The van der Waals surface area contributed by atoms with Gasteiger partial charge in [-0.2, -0.15) is 0 Å². The average molecular weight is 186 g/mol. The zero-order chi connectivity index (χ0) is 9.84. The lowest BCUT2D eigenvalue weighted by Crippen LogP contribution is -2.64. The molecule has 0 aromatic rings. The van der Waals surface area contributed by atoms with Crippen LogP contribution in [-0.2, 0) is 4.74 Å².